The Kier molecular flexibility index (Phi) is 4.27. The van der Waals surface area contributed by atoms with Gasteiger partial charge in [0, 0.05) is 38.6 Å². The third-order valence-corrected chi connectivity index (χ3v) is 3.94. The second-order valence-electron chi connectivity index (χ2n) is 4.93. The van der Waals surface area contributed by atoms with Crippen LogP contribution < -0.4 is 0 Å². The zero-order valence-electron chi connectivity index (χ0n) is 12.0. The van der Waals surface area contributed by atoms with E-state index in [2.05, 4.69) is 26.1 Å². The van der Waals surface area contributed by atoms with Gasteiger partial charge in [-0.15, -0.1) is 0 Å². The lowest BCUT2D eigenvalue weighted by Crippen LogP contribution is -2.32. The van der Waals surface area contributed by atoms with E-state index in [1.165, 1.54) is 0 Å². The third-order valence-electron chi connectivity index (χ3n) is 3.17. The first kappa shape index (κ1) is 14.8. The summed E-state index contributed by atoms with van der Waals surface area (Å²) in [5.41, 5.74) is 1.88. The van der Waals surface area contributed by atoms with Crippen LogP contribution in [-0.4, -0.2) is 37.4 Å². The van der Waals surface area contributed by atoms with E-state index in [4.69, 9.17) is 0 Å². The van der Waals surface area contributed by atoms with E-state index < -0.39 is 0 Å². The predicted octanol–water partition coefficient (Wildman–Crippen LogP) is 1.91. The van der Waals surface area contributed by atoms with E-state index in [9.17, 15) is 4.79 Å². The Morgan fingerprint density at radius 1 is 1.50 bits per heavy atom. The van der Waals surface area contributed by atoms with Crippen molar-refractivity contribution in [2.45, 2.75) is 26.4 Å². The highest BCUT2D eigenvalue weighted by molar-refractivity contribution is 9.10. The van der Waals surface area contributed by atoms with Crippen LogP contribution in [0.5, 0.6) is 0 Å². The zero-order chi connectivity index (χ0) is 14.9. The zero-order valence-corrected chi connectivity index (χ0v) is 13.6. The number of nitrogens with zero attached hydrogens (tertiary/aromatic N) is 5. The van der Waals surface area contributed by atoms with Crippen molar-refractivity contribution >= 4 is 21.8 Å². The summed E-state index contributed by atoms with van der Waals surface area (Å²) in [4.78, 5) is 14.1. The number of amides is 1. The lowest BCUT2D eigenvalue weighted by Gasteiger charge is -2.21. The van der Waals surface area contributed by atoms with Crippen LogP contribution >= 0.6 is 15.9 Å². The monoisotopic (exact) mass is 339 g/mol. The van der Waals surface area contributed by atoms with Gasteiger partial charge in [0.25, 0.3) is 0 Å². The Morgan fingerprint density at radius 3 is 2.70 bits per heavy atom. The predicted molar refractivity (Wildman–Crippen MR) is 79.1 cm³/mol. The molecule has 2 rings (SSSR count). The van der Waals surface area contributed by atoms with Gasteiger partial charge in [-0.2, -0.15) is 10.2 Å². The summed E-state index contributed by atoms with van der Waals surface area (Å²) >= 11 is 3.41. The molecule has 2 aromatic rings. The number of hydrogen-bond donors (Lipinski definition) is 0. The molecule has 0 fully saturated rings. The van der Waals surface area contributed by atoms with Crippen molar-refractivity contribution in [3.05, 3.63) is 34.3 Å². The van der Waals surface area contributed by atoms with Crippen molar-refractivity contribution in [1.29, 1.82) is 0 Å². The van der Waals surface area contributed by atoms with Crippen LogP contribution in [0.25, 0.3) is 0 Å². The third kappa shape index (κ3) is 3.09. The minimum atomic E-state index is -0.332. The number of carbonyl (C=O) groups excluding carboxylic acids is 1. The number of aromatic nitrogens is 4. The van der Waals surface area contributed by atoms with Gasteiger partial charge in [-0.1, -0.05) is 0 Å². The standard InChI is InChI=1S/C13H18BrN5O/c1-9-12(14)8-19(16-9)10(2)13(20)17(3)6-11-5-15-18(4)7-11/h5,7-8,10H,6H2,1-4H3. The van der Waals surface area contributed by atoms with Crippen molar-refractivity contribution in [2.75, 3.05) is 7.05 Å². The van der Waals surface area contributed by atoms with Gasteiger partial charge in [-0.25, -0.2) is 0 Å². The lowest BCUT2D eigenvalue weighted by atomic mass is 10.2. The molecule has 2 heterocycles. The van der Waals surface area contributed by atoms with Crippen LogP contribution in [0.1, 0.15) is 24.2 Å². The molecule has 0 saturated heterocycles. The fraction of sp³-hybridized carbons (Fsp3) is 0.462. The summed E-state index contributed by atoms with van der Waals surface area (Å²) in [6, 6.07) is -0.332. The van der Waals surface area contributed by atoms with Gasteiger partial charge >= 0.3 is 0 Å². The fourth-order valence-electron chi connectivity index (χ4n) is 2.00. The molecule has 0 saturated carbocycles. The van der Waals surface area contributed by atoms with Gasteiger partial charge in [0.05, 0.1) is 16.4 Å². The van der Waals surface area contributed by atoms with E-state index in [1.54, 1.807) is 27.5 Å². The summed E-state index contributed by atoms with van der Waals surface area (Å²) in [6.07, 6.45) is 5.50. The summed E-state index contributed by atoms with van der Waals surface area (Å²) in [6.45, 7) is 4.29. The maximum absolute atomic E-state index is 12.4. The van der Waals surface area contributed by atoms with E-state index in [0.29, 0.717) is 6.54 Å². The second-order valence-corrected chi connectivity index (χ2v) is 5.79. The van der Waals surface area contributed by atoms with Crippen LogP contribution in [0.2, 0.25) is 0 Å². The molecular weight excluding hydrogens is 322 g/mol. The SMILES string of the molecule is Cc1nn(C(C)C(=O)N(C)Cc2cnn(C)c2)cc1Br. The average Bonchev–Trinajstić information content (AvgIpc) is 2.94. The van der Waals surface area contributed by atoms with E-state index in [0.717, 1.165) is 15.7 Å². The minimum absolute atomic E-state index is 0.0175. The maximum Gasteiger partial charge on any atom is 0.247 e. The van der Waals surface area contributed by atoms with Crippen molar-refractivity contribution in [1.82, 2.24) is 24.5 Å². The van der Waals surface area contributed by atoms with E-state index in [1.807, 2.05) is 33.3 Å². The van der Waals surface area contributed by atoms with Crippen LogP contribution in [0.15, 0.2) is 23.1 Å². The Bertz CT molecular complexity index is 599. The molecule has 1 amide bonds. The average molecular weight is 340 g/mol. The molecule has 0 radical (unpaired) electrons. The topological polar surface area (TPSA) is 56.0 Å². The molecule has 20 heavy (non-hydrogen) atoms. The summed E-state index contributed by atoms with van der Waals surface area (Å²) in [5.74, 6) is 0.0175. The van der Waals surface area contributed by atoms with E-state index in [-0.39, 0.29) is 11.9 Å². The van der Waals surface area contributed by atoms with Crippen LogP contribution in [-0.2, 0) is 18.4 Å². The molecule has 108 valence electrons. The first-order chi connectivity index (χ1) is 9.38. The Hall–Kier alpha value is -1.63. The number of halogens is 1. The summed E-state index contributed by atoms with van der Waals surface area (Å²) in [7, 11) is 3.65. The molecule has 0 spiro atoms. The van der Waals surface area contributed by atoms with Gasteiger partial charge in [-0.3, -0.25) is 14.2 Å². The number of hydrogen-bond acceptors (Lipinski definition) is 3. The molecule has 1 unspecified atom stereocenters. The first-order valence-electron chi connectivity index (χ1n) is 6.32. The van der Waals surface area contributed by atoms with Crippen molar-refractivity contribution in [3.63, 3.8) is 0 Å². The molecule has 6 nitrogen and oxygen atoms in total. The molecule has 7 heteroatoms. The summed E-state index contributed by atoms with van der Waals surface area (Å²) in [5, 5.41) is 8.43. The molecule has 2 aromatic heterocycles. The quantitative estimate of drug-likeness (QED) is 0.854. The van der Waals surface area contributed by atoms with Crippen LogP contribution in [0.3, 0.4) is 0 Å². The van der Waals surface area contributed by atoms with Crippen LogP contribution in [0.4, 0.5) is 0 Å². The molecule has 0 N–H and O–H groups in total. The number of likely N-dealkylation sites (N-methyl/N-ethyl adjacent to an activating group) is 1. The number of carbonyl (C=O) groups is 1. The lowest BCUT2D eigenvalue weighted by molar-refractivity contribution is -0.133. The maximum atomic E-state index is 12.4. The van der Waals surface area contributed by atoms with Crippen molar-refractivity contribution in [3.8, 4) is 0 Å². The smallest absolute Gasteiger partial charge is 0.247 e. The van der Waals surface area contributed by atoms with Gasteiger partial charge in [0.1, 0.15) is 6.04 Å². The largest absolute Gasteiger partial charge is 0.339 e. The second kappa shape index (κ2) is 5.78. The normalized spacial score (nSPS) is 12.4. The number of aryl methyl sites for hydroxylation is 2. The van der Waals surface area contributed by atoms with E-state index >= 15 is 0 Å². The molecule has 0 aliphatic heterocycles. The highest BCUT2D eigenvalue weighted by Crippen LogP contribution is 2.18. The molecule has 1 atom stereocenters. The Morgan fingerprint density at radius 2 is 2.20 bits per heavy atom. The molecule has 0 aliphatic carbocycles. The highest BCUT2D eigenvalue weighted by atomic mass is 79.9. The molecule has 0 aliphatic rings. The Labute approximate surface area is 126 Å². The van der Waals surface area contributed by atoms with Gasteiger partial charge in [0.2, 0.25) is 5.91 Å². The van der Waals surface area contributed by atoms with Gasteiger partial charge in [0.15, 0.2) is 0 Å². The van der Waals surface area contributed by atoms with Gasteiger partial charge < -0.3 is 4.90 Å². The van der Waals surface area contributed by atoms with Crippen LogP contribution in [0, 0.1) is 6.92 Å². The molecule has 0 bridgehead atoms. The molecular formula is C13H18BrN5O. The fourth-order valence-corrected chi connectivity index (χ4v) is 2.28. The Balaban J connectivity index is 2.06. The van der Waals surface area contributed by atoms with Crippen molar-refractivity contribution < 1.29 is 4.79 Å². The highest BCUT2D eigenvalue weighted by Gasteiger charge is 2.21. The minimum Gasteiger partial charge on any atom is -0.339 e. The molecule has 0 aromatic carbocycles. The first-order valence-corrected chi connectivity index (χ1v) is 7.11. The van der Waals surface area contributed by atoms with Crippen molar-refractivity contribution in [2.24, 2.45) is 7.05 Å². The summed E-state index contributed by atoms with van der Waals surface area (Å²) < 4.78 is 4.32. The van der Waals surface area contributed by atoms with Gasteiger partial charge in [-0.05, 0) is 29.8 Å². The number of rotatable bonds is 4.